The minimum atomic E-state index is -0.880. The average Bonchev–Trinajstić information content (AvgIpc) is 2.92. The van der Waals surface area contributed by atoms with Crippen molar-refractivity contribution in [3.63, 3.8) is 0 Å². The van der Waals surface area contributed by atoms with Gasteiger partial charge in [0.1, 0.15) is 17.9 Å². The number of amides is 2. The van der Waals surface area contributed by atoms with Crippen LogP contribution in [0.5, 0.6) is 5.75 Å². The van der Waals surface area contributed by atoms with Gasteiger partial charge in [-0.2, -0.15) is 0 Å². The fraction of sp³-hybridized carbons (Fsp3) is 0.500. The first-order valence-corrected chi connectivity index (χ1v) is 14.9. The third-order valence-corrected chi connectivity index (χ3v) is 7.16. The van der Waals surface area contributed by atoms with Gasteiger partial charge in [0.25, 0.3) is 0 Å². The van der Waals surface area contributed by atoms with Crippen LogP contribution in [0.3, 0.4) is 0 Å². The number of carbonyl (C=O) groups is 3. The van der Waals surface area contributed by atoms with Crippen molar-refractivity contribution >= 4 is 23.5 Å². The molecule has 1 aromatic carbocycles. The van der Waals surface area contributed by atoms with Gasteiger partial charge in [-0.25, -0.2) is 4.79 Å². The van der Waals surface area contributed by atoms with Crippen molar-refractivity contribution in [1.82, 2.24) is 5.32 Å². The van der Waals surface area contributed by atoms with Crippen LogP contribution < -0.4 is 10.6 Å². The number of carbonyl (C=O) groups excluding carboxylic acids is 3. The summed E-state index contributed by atoms with van der Waals surface area (Å²) in [5.74, 6) is -1.26. The molecule has 0 spiro atoms. The van der Waals surface area contributed by atoms with Gasteiger partial charge < -0.3 is 30.3 Å². The van der Waals surface area contributed by atoms with Gasteiger partial charge in [0.15, 0.2) is 0 Å². The fourth-order valence-electron chi connectivity index (χ4n) is 4.68. The van der Waals surface area contributed by atoms with E-state index in [9.17, 15) is 24.6 Å². The van der Waals surface area contributed by atoms with Gasteiger partial charge in [-0.05, 0) is 55.9 Å². The number of anilines is 1. The molecule has 43 heavy (non-hydrogen) atoms. The van der Waals surface area contributed by atoms with Crippen LogP contribution in [-0.4, -0.2) is 59.5 Å². The molecule has 0 aliphatic carbocycles. The zero-order valence-electron chi connectivity index (χ0n) is 26.2. The van der Waals surface area contributed by atoms with Gasteiger partial charge in [0.05, 0.1) is 18.6 Å². The number of allylic oxidation sites excluding steroid dienone is 5. The number of fused-ring (bicyclic) bond motifs is 2. The number of hydrogen-bond donors (Lipinski definition) is 4. The van der Waals surface area contributed by atoms with Crippen LogP contribution in [0.1, 0.15) is 65.9 Å². The molecule has 0 fully saturated rings. The Labute approximate surface area is 255 Å². The van der Waals surface area contributed by atoms with E-state index in [0.29, 0.717) is 31.4 Å². The number of aliphatic hydroxyl groups excluding tert-OH is 1. The molecule has 0 radical (unpaired) electrons. The molecule has 0 saturated heterocycles. The van der Waals surface area contributed by atoms with Crippen LogP contribution in [0.15, 0.2) is 66.3 Å². The van der Waals surface area contributed by atoms with Crippen molar-refractivity contribution in [3.8, 4) is 5.75 Å². The van der Waals surface area contributed by atoms with E-state index >= 15 is 0 Å². The Bertz CT molecular complexity index is 1200. The Morgan fingerprint density at radius 2 is 1.84 bits per heavy atom. The van der Waals surface area contributed by atoms with E-state index in [1.54, 1.807) is 37.3 Å². The van der Waals surface area contributed by atoms with Gasteiger partial charge in [-0.15, -0.1) is 0 Å². The molecular formula is C34H48N2O7. The molecule has 0 unspecified atom stereocenters. The maximum atomic E-state index is 12.9. The smallest absolute Gasteiger partial charge is 0.328 e. The minimum absolute atomic E-state index is 0.0423. The first kappa shape index (κ1) is 35.5. The van der Waals surface area contributed by atoms with Crippen LogP contribution in [0.2, 0.25) is 0 Å². The van der Waals surface area contributed by atoms with Crippen molar-refractivity contribution in [2.24, 2.45) is 11.8 Å². The largest absolute Gasteiger partial charge is 0.508 e. The minimum Gasteiger partial charge on any atom is -0.508 e. The summed E-state index contributed by atoms with van der Waals surface area (Å²) in [6, 6.07) is 4.12. The quantitative estimate of drug-likeness (QED) is 0.264. The van der Waals surface area contributed by atoms with Crippen molar-refractivity contribution in [2.45, 2.75) is 91.1 Å². The molecule has 9 nitrogen and oxygen atoms in total. The molecule has 236 valence electrons. The molecule has 1 aromatic rings. The monoisotopic (exact) mass is 596 g/mol. The lowest BCUT2D eigenvalue weighted by Crippen LogP contribution is -2.43. The molecule has 1 aliphatic heterocycles. The van der Waals surface area contributed by atoms with E-state index in [1.165, 1.54) is 13.2 Å². The third kappa shape index (κ3) is 13.0. The van der Waals surface area contributed by atoms with E-state index < -0.39 is 36.2 Å². The summed E-state index contributed by atoms with van der Waals surface area (Å²) in [5.41, 5.74) is 2.04. The molecule has 2 bridgehead atoms. The molecule has 0 saturated carbocycles. The zero-order valence-corrected chi connectivity index (χ0v) is 26.2. The second-order valence-corrected chi connectivity index (χ2v) is 11.5. The number of phenols is 1. The summed E-state index contributed by atoms with van der Waals surface area (Å²) in [5, 5.41) is 26.9. The van der Waals surface area contributed by atoms with Gasteiger partial charge >= 0.3 is 5.97 Å². The van der Waals surface area contributed by atoms with Crippen molar-refractivity contribution in [2.75, 3.05) is 12.4 Å². The Kier molecular flexibility index (Phi) is 14.9. The number of phenolic OH excluding ortho intramolecular Hbond substituents is 1. The number of aliphatic hydroxyl groups is 1. The maximum Gasteiger partial charge on any atom is 0.328 e. The molecule has 5 atom stereocenters. The molecule has 2 amide bonds. The van der Waals surface area contributed by atoms with Crippen LogP contribution >= 0.6 is 0 Å². The van der Waals surface area contributed by atoms with Gasteiger partial charge in [0, 0.05) is 37.6 Å². The predicted molar refractivity (Wildman–Crippen MR) is 168 cm³/mol. The summed E-state index contributed by atoms with van der Waals surface area (Å²) in [6.45, 7) is 9.11. The second kappa shape index (κ2) is 18.1. The number of esters is 1. The topological polar surface area (TPSA) is 134 Å². The predicted octanol–water partition coefficient (Wildman–Crippen LogP) is 5.15. The molecule has 2 rings (SSSR count). The Morgan fingerprint density at radius 1 is 1.12 bits per heavy atom. The summed E-state index contributed by atoms with van der Waals surface area (Å²) in [6.07, 6.45) is 12.7. The number of ether oxygens (including phenoxy) is 2. The Morgan fingerprint density at radius 3 is 2.53 bits per heavy atom. The fourth-order valence-corrected chi connectivity index (χ4v) is 4.68. The SMILES string of the molecule is CO[C@H]1/C=C/C=C/C=C\C[C@@H](OC(=O)[C@H](C)NC(=O)CC(C)C)[C@@H](C)[C@@H](O)/C(C)=C/CCc2cc(O)cc(c2)NC(=O)C1. The first-order chi connectivity index (χ1) is 20.4. The number of aromatic hydroxyl groups is 1. The number of hydrogen-bond acceptors (Lipinski definition) is 7. The Hall–Kier alpha value is -3.69. The lowest BCUT2D eigenvalue weighted by atomic mass is 9.90. The highest BCUT2D eigenvalue weighted by Gasteiger charge is 2.29. The summed E-state index contributed by atoms with van der Waals surface area (Å²) in [4.78, 5) is 37.7. The highest BCUT2D eigenvalue weighted by molar-refractivity contribution is 5.91. The molecule has 4 N–H and O–H groups in total. The number of methoxy groups -OCH3 is 1. The number of aryl methyl sites for hydroxylation is 1. The van der Waals surface area contributed by atoms with E-state index in [4.69, 9.17) is 9.47 Å². The van der Waals surface area contributed by atoms with Crippen LogP contribution in [0.25, 0.3) is 0 Å². The van der Waals surface area contributed by atoms with Crippen molar-refractivity contribution in [1.29, 1.82) is 0 Å². The van der Waals surface area contributed by atoms with Gasteiger partial charge in [0.2, 0.25) is 11.8 Å². The molecule has 0 aromatic heterocycles. The number of benzene rings is 1. The standard InChI is InChI=1S/C34H48N2O7/c1-22(2)17-31(38)35-25(5)34(41)43-30-16-11-9-7-8-10-15-29(42-6)21-32(39)36-27-18-26(19-28(37)20-27)14-12-13-23(3)33(40)24(30)4/h7-11,13,15,18-20,22,24-25,29-30,33,37,40H,12,14,16-17,21H2,1-6H3,(H,35,38)(H,36,39)/b8-7+,11-9-,15-10+,23-13+/t24-,25+,29+,30-,33+/m1/s1. The third-order valence-electron chi connectivity index (χ3n) is 7.16. The van der Waals surface area contributed by atoms with Crippen molar-refractivity contribution < 1.29 is 34.1 Å². The molecule has 1 heterocycles. The number of rotatable bonds is 6. The molecule has 9 heteroatoms. The van der Waals surface area contributed by atoms with E-state index in [-0.39, 0.29) is 29.9 Å². The van der Waals surface area contributed by atoms with Gasteiger partial charge in [-0.3, -0.25) is 9.59 Å². The average molecular weight is 597 g/mol. The van der Waals surface area contributed by atoms with Gasteiger partial charge in [-0.1, -0.05) is 63.3 Å². The number of nitrogens with one attached hydrogen (secondary N) is 2. The second-order valence-electron chi connectivity index (χ2n) is 11.5. The Balaban J connectivity index is 2.30. The zero-order chi connectivity index (χ0) is 31.9. The van der Waals surface area contributed by atoms with Crippen LogP contribution in [-0.2, 0) is 30.3 Å². The van der Waals surface area contributed by atoms with Crippen LogP contribution in [0, 0.1) is 11.8 Å². The summed E-state index contributed by atoms with van der Waals surface area (Å²) < 4.78 is 11.3. The van der Waals surface area contributed by atoms with Crippen molar-refractivity contribution in [3.05, 3.63) is 71.9 Å². The highest BCUT2D eigenvalue weighted by Crippen LogP contribution is 2.24. The molecular weight excluding hydrogens is 548 g/mol. The summed E-state index contributed by atoms with van der Waals surface area (Å²) >= 11 is 0. The maximum absolute atomic E-state index is 12.9. The lowest BCUT2D eigenvalue weighted by Gasteiger charge is -2.29. The normalized spacial score (nSPS) is 26.5. The van der Waals surface area contributed by atoms with E-state index in [2.05, 4.69) is 10.6 Å². The van der Waals surface area contributed by atoms with Crippen LogP contribution in [0.4, 0.5) is 5.69 Å². The first-order valence-electron chi connectivity index (χ1n) is 14.9. The van der Waals surface area contributed by atoms with E-state index in [1.807, 2.05) is 52.0 Å². The van der Waals surface area contributed by atoms with E-state index in [0.717, 1.165) is 11.1 Å². The summed E-state index contributed by atoms with van der Waals surface area (Å²) in [7, 11) is 1.53. The lowest BCUT2D eigenvalue weighted by molar-refractivity contribution is -0.156. The highest BCUT2D eigenvalue weighted by atomic mass is 16.5. The molecule has 1 aliphatic rings.